The maximum Gasteiger partial charge on any atom is 0.274 e. The molecule has 0 aliphatic carbocycles. The summed E-state index contributed by atoms with van der Waals surface area (Å²) in [5, 5.41) is 7.04. The van der Waals surface area contributed by atoms with E-state index in [9.17, 15) is 4.79 Å². The van der Waals surface area contributed by atoms with E-state index in [0.29, 0.717) is 5.02 Å². The standard InChI is InChI=1S/C12H12ClN3O/c13-8-1-3-9(4-2-8)16-12(17)10-5-6-14-7-11(10)15-16/h1-4,14-15H,5-7H2. The minimum atomic E-state index is 0.0452. The minimum absolute atomic E-state index is 0.0452. The molecule has 2 aromatic rings. The van der Waals surface area contributed by atoms with Gasteiger partial charge in [-0.2, -0.15) is 0 Å². The van der Waals surface area contributed by atoms with Crippen LogP contribution in [0.2, 0.25) is 5.02 Å². The zero-order valence-electron chi connectivity index (χ0n) is 9.16. The number of hydrogen-bond donors (Lipinski definition) is 2. The Morgan fingerprint density at radius 1 is 1.24 bits per heavy atom. The molecule has 0 amide bonds. The molecule has 2 heterocycles. The van der Waals surface area contributed by atoms with Crippen LogP contribution in [0.5, 0.6) is 0 Å². The van der Waals surface area contributed by atoms with Gasteiger partial charge in [0.05, 0.1) is 11.4 Å². The third-order valence-electron chi connectivity index (χ3n) is 3.01. The molecule has 3 rings (SSSR count). The molecule has 2 N–H and O–H groups in total. The van der Waals surface area contributed by atoms with Crippen molar-refractivity contribution in [2.24, 2.45) is 0 Å². The van der Waals surface area contributed by atoms with Crippen molar-refractivity contribution in [2.45, 2.75) is 13.0 Å². The van der Waals surface area contributed by atoms with Crippen LogP contribution in [0.15, 0.2) is 29.1 Å². The Morgan fingerprint density at radius 3 is 2.71 bits per heavy atom. The fourth-order valence-electron chi connectivity index (χ4n) is 2.12. The maximum absolute atomic E-state index is 12.2. The second-order valence-corrected chi connectivity index (χ2v) is 4.55. The van der Waals surface area contributed by atoms with Crippen LogP contribution >= 0.6 is 11.6 Å². The Bertz CT molecular complexity index is 597. The number of H-pyrrole nitrogens is 1. The van der Waals surface area contributed by atoms with E-state index >= 15 is 0 Å². The lowest BCUT2D eigenvalue weighted by atomic mass is 10.1. The number of fused-ring (bicyclic) bond motifs is 1. The summed E-state index contributed by atoms with van der Waals surface area (Å²) in [7, 11) is 0. The number of benzene rings is 1. The van der Waals surface area contributed by atoms with Crippen molar-refractivity contribution in [2.75, 3.05) is 6.54 Å². The van der Waals surface area contributed by atoms with Gasteiger partial charge in [0.2, 0.25) is 0 Å². The predicted octanol–water partition coefficient (Wildman–Crippen LogP) is 1.46. The molecule has 0 bridgehead atoms. The molecule has 88 valence electrons. The molecule has 0 fully saturated rings. The van der Waals surface area contributed by atoms with Crippen molar-refractivity contribution < 1.29 is 0 Å². The van der Waals surface area contributed by atoms with Crippen LogP contribution in [0.3, 0.4) is 0 Å². The molecule has 0 unspecified atom stereocenters. The van der Waals surface area contributed by atoms with Crippen molar-refractivity contribution in [1.82, 2.24) is 15.1 Å². The summed E-state index contributed by atoms with van der Waals surface area (Å²) in [6, 6.07) is 7.22. The lowest BCUT2D eigenvalue weighted by molar-refractivity contribution is 0.629. The summed E-state index contributed by atoms with van der Waals surface area (Å²) < 4.78 is 1.58. The van der Waals surface area contributed by atoms with Crippen molar-refractivity contribution in [1.29, 1.82) is 0 Å². The Labute approximate surface area is 103 Å². The molecule has 0 saturated heterocycles. The zero-order valence-corrected chi connectivity index (χ0v) is 9.92. The fraction of sp³-hybridized carbons (Fsp3) is 0.250. The summed E-state index contributed by atoms with van der Waals surface area (Å²) in [5.41, 5.74) is 2.73. The summed E-state index contributed by atoms with van der Waals surface area (Å²) in [4.78, 5) is 12.2. The Kier molecular flexibility index (Phi) is 2.53. The Hall–Kier alpha value is -1.52. The van der Waals surface area contributed by atoms with E-state index in [4.69, 9.17) is 11.6 Å². The fourth-order valence-corrected chi connectivity index (χ4v) is 2.25. The number of aromatic amines is 1. The van der Waals surface area contributed by atoms with Gasteiger partial charge in [0.1, 0.15) is 0 Å². The third kappa shape index (κ3) is 1.79. The summed E-state index contributed by atoms with van der Waals surface area (Å²) in [5.74, 6) is 0. The maximum atomic E-state index is 12.2. The molecule has 1 aliphatic heterocycles. The number of hydrogen-bond acceptors (Lipinski definition) is 2. The highest BCUT2D eigenvalue weighted by atomic mass is 35.5. The molecule has 17 heavy (non-hydrogen) atoms. The second-order valence-electron chi connectivity index (χ2n) is 4.11. The van der Waals surface area contributed by atoms with Gasteiger partial charge >= 0.3 is 0 Å². The van der Waals surface area contributed by atoms with Crippen molar-refractivity contribution in [3.05, 3.63) is 50.9 Å². The summed E-state index contributed by atoms with van der Waals surface area (Å²) >= 11 is 5.83. The first-order valence-electron chi connectivity index (χ1n) is 5.55. The van der Waals surface area contributed by atoms with Crippen molar-refractivity contribution >= 4 is 11.6 Å². The van der Waals surface area contributed by atoms with Gasteiger partial charge in [0, 0.05) is 17.1 Å². The Balaban J connectivity index is 2.12. The van der Waals surface area contributed by atoms with Crippen LogP contribution in [-0.2, 0) is 13.0 Å². The molecular formula is C12H12ClN3O. The van der Waals surface area contributed by atoms with Gasteiger partial charge in [-0.25, -0.2) is 4.68 Å². The molecule has 0 spiro atoms. The first-order chi connectivity index (χ1) is 8.25. The minimum Gasteiger partial charge on any atom is -0.311 e. The highest BCUT2D eigenvalue weighted by Crippen LogP contribution is 2.14. The van der Waals surface area contributed by atoms with Crippen molar-refractivity contribution in [3.8, 4) is 5.69 Å². The van der Waals surface area contributed by atoms with Crippen LogP contribution in [0.25, 0.3) is 5.69 Å². The van der Waals surface area contributed by atoms with Gasteiger partial charge in [0.25, 0.3) is 5.56 Å². The lowest BCUT2D eigenvalue weighted by Crippen LogP contribution is -2.26. The molecule has 1 aromatic heterocycles. The van der Waals surface area contributed by atoms with Crippen LogP contribution in [-0.4, -0.2) is 16.3 Å². The number of rotatable bonds is 1. The first-order valence-corrected chi connectivity index (χ1v) is 5.93. The van der Waals surface area contributed by atoms with Crippen LogP contribution in [0, 0.1) is 0 Å². The molecule has 0 saturated carbocycles. The second kappa shape index (κ2) is 4.05. The van der Waals surface area contributed by atoms with E-state index < -0.39 is 0 Å². The van der Waals surface area contributed by atoms with Gasteiger partial charge in [-0.15, -0.1) is 0 Å². The molecule has 1 aliphatic rings. The molecule has 0 radical (unpaired) electrons. The summed E-state index contributed by atoms with van der Waals surface area (Å²) in [6.07, 6.45) is 0.783. The average Bonchev–Trinajstić information content (AvgIpc) is 2.69. The number of halogens is 1. The number of nitrogens with zero attached hydrogens (tertiary/aromatic N) is 1. The molecular weight excluding hydrogens is 238 g/mol. The smallest absolute Gasteiger partial charge is 0.274 e. The normalized spacial score (nSPS) is 14.6. The van der Waals surface area contributed by atoms with Gasteiger partial charge < -0.3 is 5.32 Å². The molecule has 4 nitrogen and oxygen atoms in total. The van der Waals surface area contributed by atoms with Crippen LogP contribution in [0.4, 0.5) is 0 Å². The van der Waals surface area contributed by atoms with E-state index in [1.54, 1.807) is 16.8 Å². The van der Waals surface area contributed by atoms with E-state index in [0.717, 1.165) is 36.5 Å². The van der Waals surface area contributed by atoms with Gasteiger partial charge in [-0.1, -0.05) is 11.6 Å². The van der Waals surface area contributed by atoms with Crippen LogP contribution in [0.1, 0.15) is 11.3 Å². The SMILES string of the molecule is O=c1c2c([nH]n1-c1ccc(Cl)cc1)CNCC2. The molecule has 0 atom stereocenters. The number of aromatic nitrogens is 2. The average molecular weight is 250 g/mol. The van der Waals surface area contributed by atoms with Crippen molar-refractivity contribution in [3.63, 3.8) is 0 Å². The highest BCUT2D eigenvalue weighted by molar-refractivity contribution is 6.30. The largest absolute Gasteiger partial charge is 0.311 e. The van der Waals surface area contributed by atoms with Gasteiger partial charge in [0.15, 0.2) is 0 Å². The van der Waals surface area contributed by atoms with Crippen LogP contribution < -0.4 is 10.9 Å². The lowest BCUT2D eigenvalue weighted by Gasteiger charge is -2.09. The third-order valence-corrected chi connectivity index (χ3v) is 3.26. The number of nitrogens with one attached hydrogen (secondary N) is 2. The van der Waals surface area contributed by atoms with E-state index in [2.05, 4.69) is 10.4 Å². The predicted molar refractivity (Wildman–Crippen MR) is 66.8 cm³/mol. The van der Waals surface area contributed by atoms with E-state index in [1.807, 2.05) is 12.1 Å². The van der Waals surface area contributed by atoms with E-state index in [-0.39, 0.29) is 5.56 Å². The topological polar surface area (TPSA) is 49.8 Å². The van der Waals surface area contributed by atoms with Gasteiger partial charge in [-0.3, -0.25) is 9.89 Å². The monoisotopic (exact) mass is 249 g/mol. The Morgan fingerprint density at radius 2 is 2.00 bits per heavy atom. The quantitative estimate of drug-likeness (QED) is 0.804. The molecule has 1 aromatic carbocycles. The molecule has 5 heteroatoms. The van der Waals surface area contributed by atoms with Gasteiger partial charge in [-0.05, 0) is 37.2 Å². The first kappa shape index (κ1) is 10.6. The highest BCUT2D eigenvalue weighted by Gasteiger charge is 2.17. The zero-order chi connectivity index (χ0) is 11.8. The van der Waals surface area contributed by atoms with E-state index in [1.165, 1.54) is 0 Å². The summed E-state index contributed by atoms with van der Waals surface area (Å²) in [6.45, 7) is 1.59.